The summed E-state index contributed by atoms with van der Waals surface area (Å²) in [6.45, 7) is 3.77. The van der Waals surface area contributed by atoms with E-state index in [1.54, 1.807) is 18.3 Å². The van der Waals surface area contributed by atoms with Crippen LogP contribution < -0.4 is 5.56 Å². The average molecular weight is 307 g/mol. The third kappa shape index (κ3) is 2.57. The van der Waals surface area contributed by atoms with Gasteiger partial charge in [-0.25, -0.2) is 4.98 Å². The van der Waals surface area contributed by atoms with Gasteiger partial charge < -0.3 is 4.98 Å². The Morgan fingerprint density at radius 1 is 1.23 bits per heavy atom. The Kier molecular flexibility index (Phi) is 3.61. The van der Waals surface area contributed by atoms with Gasteiger partial charge in [-0.2, -0.15) is 5.26 Å². The number of H-pyrrole nitrogens is 1. The number of nitriles is 1. The van der Waals surface area contributed by atoms with Crippen molar-refractivity contribution >= 4 is 11.3 Å². The first-order valence-corrected chi connectivity index (χ1v) is 7.63. The largest absolute Gasteiger partial charge is 0.325 e. The maximum atomic E-state index is 11.9. The van der Waals surface area contributed by atoms with E-state index < -0.39 is 0 Å². The van der Waals surface area contributed by atoms with Gasteiger partial charge in [0.05, 0.1) is 10.7 Å². The van der Waals surface area contributed by atoms with Crippen LogP contribution in [0.15, 0.2) is 40.5 Å². The van der Waals surface area contributed by atoms with Gasteiger partial charge in [-0.05, 0) is 31.5 Å². The van der Waals surface area contributed by atoms with Crippen LogP contribution in [0.2, 0.25) is 0 Å². The molecule has 1 N–H and O–H groups in total. The summed E-state index contributed by atoms with van der Waals surface area (Å²) < 4.78 is 0. The predicted octanol–water partition coefficient (Wildman–Crippen LogP) is 3.65. The molecule has 3 aromatic rings. The number of nitrogens with zero attached hydrogens (tertiary/aromatic N) is 2. The predicted molar refractivity (Wildman–Crippen MR) is 87.8 cm³/mol. The van der Waals surface area contributed by atoms with Gasteiger partial charge in [0.25, 0.3) is 5.56 Å². The molecule has 0 saturated heterocycles. The molecule has 3 rings (SSSR count). The van der Waals surface area contributed by atoms with E-state index in [0.29, 0.717) is 5.56 Å². The van der Waals surface area contributed by atoms with Gasteiger partial charge >= 0.3 is 0 Å². The summed E-state index contributed by atoms with van der Waals surface area (Å²) in [5.41, 5.74) is 3.89. The van der Waals surface area contributed by atoms with E-state index in [-0.39, 0.29) is 11.1 Å². The lowest BCUT2D eigenvalue weighted by atomic mass is 9.98. The number of pyridine rings is 1. The molecule has 1 aromatic carbocycles. The minimum atomic E-state index is -0.354. The van der Waals surface area contributed by atoms with Crippen molar-refractivity contribution in [3.63, 3.8) is 0 Å². The normalized spacial score (nSPS) is 10.4. The van der Waals surface area contributed by atoms with Gasteiger partial charge in [0, 0.05) is 22.2 Å². The topological polar surface area (TPSA) is 69.5 Å². The molecule has 108 valence electrons. The van der Waals surface area contributed by atoms with E-state index in [2.05, 4.69) is 9.97 Å². The van der Waals surface area contributed by atoms with Crippen LogP contribution in [0.3, 0.4) is 0 Å². The quantitative estimate of drug-likeness (QED) is 0.785. The summed E-state index contributed by atoms with van der Waals surface area (Å²) >= 11 is 1.60. The van der Waals surface area contributed by atoms with Crippen molar-refractivity contribution in [2.45, 2.75) is 13.8 Å². The Balaban J connectivity index is 2.19. The van der Waals surface area contributed by atoms with Gasteiger partial charge in [0.1, 0.15) is 11.6 Å². The van der Waals surface area contributed by atoms with Crippen LogP contribution in [0.1, 0.15) is 16.3 Å². The van der Waals surface area contributed by atoms with Gasteiger partial charge in [-0.1, -0.05) is 18.2 Å². The number of rotatable bonds is 2. The van der Waals surface area contributed by atoms with Crippen molar-refractivity contribution in [2.75, 3.05) is 0 Å². The second-order valence-electron chi connectivity index (χ2n) is 5.01. The minimum absolute atomic E-state index is 0.136. The minimum Gasteiger partial charge on any atom is -0.325 e. The van der Waals surface area contributed by atoms with Gasteiger partial charge in [0.15, 0.2) is 0 Å². The van der Waals surface area contributed by atoms with Crippen molar-refractivity contribution in [3.8, 4) is 28.5 Å². The van der Waals surface area contributed by atoms with Crippen LogP contribution in [0.5, 0.6) is 0 Å². The highest BCUT2D eigenvalue weighted by molar-refractivity contribution is 7.09. The maximum absolute atomic E-state index is 11.9. The first-order valence-electron chi connectivity index (χ1n) is 6.75. The Bertz CT molecular complexity index is 947. The fourth-order valence-electron chi connectivity index (χ4n) is 2.37. The molecule has 0 aliphatic carbocycles. The Labute approximate surface area is 131 Å². The van der Waals surface area contributed by atoms with Crippen LogP contribution in [0.4, 0.5) is 0 Å². The van der Waals surface area contributed by atoms with Crippen molar-refractivity contribution in [1.82, 2.24) is 9.97 Å². The first-order chi connectivity index (χ1) is 10.6. The highest BCUT2D eigenvalue weighted by atomic mass is 32.1. The summed E-state index contributed by atoms with van der Waals surface area (Å²) in [5, 5.41) is 12.3. The third-order valence-corrected chi connectivity index (χ3v) is 4.14. The van der Waals surface area contributed by atoms with E-state index in [9.17, 15) is 10.1 Å². The average Bonchev–Trinajstić information content (AvgIpc) is 2.93. The summed E-state index contributed by atoms with van der Waals surface area (Å²) in [6.07, 6.45) is 0. The molecule has 0 atom stereocenters. The number of hydrogen-bond donors (Lipinski definition) is 1. The molecular weight excluding hydrogens is 294 g/mol. The van der Waals surface area contributed by atoms with E-state index in [1.807, 2.05) is 48.7 Å². The van der Waals surface area contributed by atoms with E-state index >= 15 is 0 Å². The van der Waals surface area contributed by atoms with E-state index in [4.69, 9.17) is 0 Å². The zero-order valence-corrected chi connectivity index (χ0v) is 13.0. The van der Waals surface area contributed by atoms with E-state index in [1.165, 1.54) is 0 Å². The monoisotopic (exact) mass is 307 g/mol. The molecule has 0 bridgehead atoms. The lowest BCUT2D eigenvalue weighted by molar-refractivity contribution is 1.13. The molecule has 4 nitrogen and oxygen atoms in total. The molecule has 0 radical (unpaired) electrons. The number of nitrogens with one attached hydrogen (secondary N) is 1. The van der Waals surface area contributed by atoms with Gasteiger partial charge in [0.2, 0.25) is 0 Å². The number of aromatic amines is 1. The molecule has 5 heteroatoms. The number of thiazole rings is 1. The third-order valence-electron chi connectivity index (χ3n) is 3.37. The first kappa shape index (κ1) is 14.2. The summed E-state index contributed by atoms with van der Waals surface area (Å²) in [7, 11) is 0. The van der Waals surface area contributed by atoms with Gasteiger partial charge in [-0.15, -0.1) is 11.3 Å². The molecule has 0 spiro atoms. The number of benzene rings is 1. The van der Waals surface area contributed by atoms with Crippen LogP contribution in [-0.2, 0) is 0 Å². The fraction of sp³-hybridized carbons (Fsp3) is 0.118. The molecule has 0 fully saturated rings. The summed E-state index contributed by atoms with van der Waals surface area (Å²) in [5.74, 6) is 0. The lowest BCUT2D eigenvalue weighted by Crippen LogP contribution is -2.12. The molecule has 0 saturated carbocycles. The van der Waals surface area contributed by atoms with Crippen molar-refractivity contribution < 1.29 is 0 Å². The number of aromatic nitrogens is 2. The molecule has 0 unspecified atom stereocenters. The number of hydrogen-bond acceptors (Lipinski definition) is 4. The van der Waals surface area contributed by atoms with Crippen molar-refractivity contribution in [1.29, 1.82) is 5.26 Å². The van der Waals surface area contributed by atoms with Crippen LogP contribution in [0, 0.1) is 25.2 Å². The zero-order chi connectivity index (χ0) is 15.7. The zero-order valence-electron chi connectivity index (χ0n) is 12.2. The molecule has 2 aromatic heterocycles. The highest BCUT2D eigenvalue weighted by Gasteiger charge is 2.11. The SMILES string of the molecule is Cc1cc(-c2cccc(-c3csc(C)n3)c2)c(C#N)c(=O)[nH]1. The van der Waals surface area contributed by atoms with Crippen molar-refractivity contribution in [3.05, 3.63) is 62.3 Å². The molecular formula is C17H13N3OS. The molecule has 0 aliphatic rings. The second kappa shape index (κ2) is 5.58. The number of aryl methyl sites for hydroxylation is 2. The Morgan fingerprint density at radius 3 is 2.68 bits per heavy atom. The maximum Gasteiger partial charge on any atom is 0.266 e. The van der Waals surface area contributed by atoms with Crippen LogP contribution >= 0.6 is 11.3 Å². The lowest BCUT2D eigenvalue weighted by Gasteiger charge is -2.07. The Hall–Kier alpha value is -2.71. The highest BCUT2D eigenvalue weighted by Crippen LogP contribution is 2.28. The van der Waals surface area contributed by atoms with Crippen molar-refractivity contribution in [2.24, 2.45) is 0 Å². The van der Waals surface area contributed by atoms with Gasteiger partial charge in [-0.3, -0.25) is 4.79 Å². The van der Waals surface area contributed by atoms with Crippen LogP contribution in [0.25, 0.3) is 22.4 Å². The molecule has 22 heavy (non-hydrogen) atoms. The van der Waals surface area contributed by atoms with Crippen LogP contribution in [-0.4, -0.2) is 9.97 Å². The molecule has 0 amide bonds. The van der Waals surface area contributed by atoms with E-state index in [0.717, 1.165) is 27.5 Å². The molecule has 0 aliphatic heterocycles. The summed E-state index contributed by atoms with van der Waals surface area (Å²) in [6, 6.07) is 11.6. The summed E-state index contributed by atoms with van der Waals surface area (Å²) in [4.78, 5) is 19.1. The molecule has 2 heterocycles. The standard InChI is InChI=1S/C17H13N3OS/c1-10-6-14(15(8-18)17(21)19-10)12-4-3-5-13(7-12)16-9-22-11(2)20-16/h3-7,9H,1-2H3,(H,19,21). The Morgan fingerprint density at radius 2 is 2.00 bits per heavy atom. The smallest absolute Gasteiger partial charge is 0.266 e. The second-order valence-corrected chi connectivity index (χ2v) is 6.08. The fourth-order valence-corrected chi connectivity index (χ4v) is 2.99.